The number of carbonyl (C=O) groups excluding carboxylic acids is 1. The molecule has 90 valence electrons. The highest BCUT2D eigenvalue weighted by atomic mass is 16.6. The van der Waals surface area contributed by atoms with Gasteiger partial charge in [-0.1, -0.05) is 0 Å². The van der Waals surface area contributed by atoms with Gasteiger partial charge in [-0.15, -0.1) is 0 Å². The molecule has 3 fully saturated rings. The number of carbonyl (C=O) groups is 1. The average molecular weight is 228 g/mol. The Morgan fingerprint density at radius 3 is 2.88 bits per heavy atom. The van der Waals surface area contributed by atoms with E-state index in [9.17, 15) is 15.0 Å². The maximum atomic E-state index is 11.9. The topological polar surface area (TPSA) is 76.0 Å². The van der Waals surface area contributed by atoms with E-state index in [2.05, 4.69) is 0 Å². The molecule has 2 saturated heterocycles. The molecule has 3 aliphatic rings. The highest BCUT2D eigenvalue weighted by Crippen LogP contribution is 2.57. The molecular weight excluding hydrogens is 212 g/mol. The van der Waals surface area contributed by atoms with Gasteiger partial charge in [-0.25, -0.2) is 0 Å². The Morgan fingerprint density at radius 2 is 2.12 bits per heavy atom. The van der Waals surface area contributed by atoms with Crippen molar-refractivity contribution >= 4 is 5.97 Å². The predicted molar refractivity (Wildman–Crippen MR) is 52.6 cm³/mol. The number of fused-ring (bicyclic) bond motifs is 1. The largest absolute Gasteiger partial charge is 0.462 e. The number of esters is 1. The van der Waals surface area contributed by atoms with Crippen LogP contribution in [0.5, 0.6) is 0 Å². The van der Waals surface area contributed by atoms with E-state index in [-0.39, 0.29) is 25.8 Å². The maximum Gasteiger partial charge on any atom is 0.315 e. The lowest BCUT2D eigenvalue weighted by molar-refractivity contribution is -0.248. The summed E-state index contributed by atoms with van der Waals surface area (Å²) < 4.78 is 10.7. The Kier molecular flexibility index (Phi) is 1.95. The number of rotatable bonds is 1. The fourth-order valence-corrected chi connectivity index (χ4v) is 3.48. The molecule has 1 aliphatic carbocycles. The maximum absolute atomic E-state index is 11.9. The lowest BCUT2D eigenvalue weighted by Gasteiger charge is -2.53. The molecule has 0 radical (unpaired) electrons. The fraction of sp³-hybridized carbons (Fsp3) is 0.909. The lowest BCUT2D eigenvalue weighted by Crippen LogP contribution is -2.65. The van der Waals surface area contributed by atoms with Crippen molar-refractivity contribution in [1.29, 1.82) is 0 Å². The van der Waals surface area contributed by atoms with Crippen LogP contribution >= 0.6 is 0 Å². The minimum atomic E-state index is -0.920. The molecule has 0 aromatic heterocycles. The van der Waals surface area contributed by atoms with E-state index < -0.39 is 16.6 Å². The van der Waals surface area contributed by atoms with E-state index in [1.165, 1.54) is 0 Å². The molecule has 5 nitrogen and oxygen atoms in total. The molecule has 0 aromatic carbocycles. The van der Waals surface area contributed by atoms with Crippen molar-refractivity contribution in [3.63, 3.8) is 0 Å². The first-order valence-corrected chi connectivity index (χ1v) is 5.70. The van der Waals surface area contributed by atoms with Crippen LogP contribution in [0.2, 0.25) is 0 Å². The Hall–Kier alpha value is -0.650. The van der Waals surface area contributed by atoms with E-state index in [1.54, 1.807) is 0 Å². The van der Waals surface area contributed by atoms with Crippen molar-refractivity contribution in [3.05, 3.63) is 0 Å². The van der Waals surface area contributed by atoms with E-state index in [1.807, 2.05) is 0 Å². The van der Waals surface area contributed by atoms with E-state index in [4.69, 9.17) is 9.47 Å². The highest BCUT2D eigenvalue weighted by Gasteiger charge is 2.69. The zero-order chi connectivity index (χ0) is 11.4. The van der Waals surface area contributed by atoms with Gasteiger partial charge >= 0.3 is 5.97 Å². The summed E-state index contributed by atoms with van der Waals surface area (Å²) in [5.41, 5.74) is -2.66. The molecule has 2 N–H and O–H groups in total. The second kappa shape index (κ2) is 2.97. The number of aliphatic hydroxyl groups excluding tert-OH is 1. The van der Waals surface area contributed by atoms with Gasteiger partial charge in [-0.05, 0) is 25.7 Å². The van der Waals surface area contributed by atoms with Gasteiger partial charge in [0.15, 0.2) is 0 Å². The van der Waals surface area contributed by atoms with Gasteiger partial charge in [0.25, 0.3) is 0 Å². The molecular formula is C11H16O5. The standard InChI is InChI=1S/C11H16O5/c12-5-11-7-15-8(13)10(11)3-1-2-9(14,4-10)6-16-11/h12,14H,1-7H2/t9-,10-,11+/m0/s1. The Labute approximate surface area is 93.3 Å². The molecule has 5 heteroatoms. The van der Waals surface area contributed by atoms with Crippen LogP contribution in [0.1, 0.15) is 25.7 Å². The smallest absolute Gasteiger partial charge is 0.315 e. The summed E-state index contributed by atoms with van der Waals surface area (Å²) in [4.78, 5) is 11.9. The first-order valence-electron chi connectivity index (χ1n) is 5.70. The molecule has 16 heavy (non-hydrogen) atoms. The Morgan fingerprint density at radius 1 is 1.31 bits per heavy atom. The van der Waals surface area contributed by atoms with Crippen LogP contribution in [-0.4, -0.2) is 47.2 Å². The molecule has 3 rings (SSSR count). The predicted octanol–water partition coefficient (Wildman–Crippen LogP) is -0.404. The second-order valence-electron chi connectivity index (χ2n) is 5.35. The molecule has 0 amide bonds. The van der Waals surface area contributed by atoms with Crippen LogP contribution in [0.3, 0.4) is 0 Å². The monoisotopic (exact) mass is 228 g/mol. The number of cyclic esters (lactones) is 1. The first kappa shape index (κ1) is 10.5. The van der Waals surface area contributed by atoms with E-state index in [0.717, 1.165) is 6.42 Å². The van der Waals surface area contributed by atoms with Crippen LogP contribution in [0.25, 0.3) is 0 Å². The third kappa shape index (κ3) is 1.04. The second-order valence-corrected chi connectivity index (χ2v) is 5.35. The summed E-state index contributed by atoms with van der Waals surface area (Å²) in [7, 11) is 0. The third-order valence-electron chi connectivity index (χ3n) is 4.45. The number of ether oxygens (including phenoxy) is 2. The number of hydrogen-bond acceptors (Lipinski definition) is 5. The molecule has 1 saturated carbocycles. The SMILES string of the molecule is O=C1OC[C@@]2(CO)OC[C@]3(O)CCC[C@]12C3. The zero-order valence-corrected chi connectivity index (χ0v) is 9.07. The molecule has 0 aromatic rings. The van der Waals surface area contributed by atoms with Crippen molar-refractivity contribution in [1.82, 2.24) is 0 Å². The highest BCUT2D eigenvalue weighted by molar-refractivity contribution is 5.81. The van der Waals surface area contributed by atoms with Crippen molar-refractivity contribution in [2.75, 3.05) is 19.8 Å². The molecule has 1 spiro atoms. The lowest BCUT2D eigenvalue weighted by atomic mass is 9.59. The molecule has 2 bridgehead atoms. The zero-order valence-electron chi connectivity index (χ0n) is 9.07. The van der Waals surface area contributed by atoms with Gasteiger partial charge in [0.1, 0.15) is 17.6 Å². The van der Waals surface area contributed by atoms with Gasteiger partial charge in [0.2, 0.25) is 0 Å². The van der Waals surface area contributed by atoms with Crippen molar-refractivity contribution in [3.8, 4) is 0 Å². The van der Waals surface area contributed by atoms with Crippen LogP contribution in [0, 0.1) is 5.41 Å². The van der Waals surface area contributed by atoms with Crippen molar-refractivity contribution in [2.24, 2.45) is 5.41 Å². The van der Waals surface area contributed by atoms with E-state index in [0.29, 0.717) is 19.3 Å². The molecule has 2 heterocycles. The molecule has 3 atom stereocenters. The number of aliphatic hydroxyl groups is 2. The van der Waals surface area contributed by atoms with Gasteiger partial charge in [-0.3, -0.25) is 4.79 Å². The fourth-order valence-electron chi connectivity index (χ4n) is 3.48. The first-order chi connectivity index (χ1) is 7.56. The van der Waals surface area contributed by atoms with Crippen molar-refractivity contribution in [2.45, 2.75) is 36.9 Å². The summed E-state index contributed by atoms with van der Waals surface area (Å²) in [6.07, 6.45) is 2.42. The summed E-state index contributed by atoms with van der Waals surface area (Å²) in [5.74, 6) is -0.320. The minimum absolute atomic E-state index is 0.110. The van der Waals surface area contributed by atoms with E-state index >= 15 is 0 Å². The summed E-state index contributed by atoms with van der Waals surface area (Å²) in [6.45, 7) is 0.0686. The van der Waals surface area contributed by atoms with Crippen LogP contribution in [0.4, 0.5) is 0 Å². The minimum Gasteiger partial charge on any atom is -0.462 e. The summed E-state index contributed by atoms with van der Waals surface area (Å²) in [6, 6.07) is 0. The van der Waals surface area contributed by atoms with Gasteiger partial charge in [0.05, 0.1) is 18.8 Å². The quantitative estimate of drug-likeness (QED) is 0.597. The molecule has 2 aliphatic heterocycles. The van der Waals surface area contributed by atoms with Gasteiger partial charge in [0, 0.05) is 0 Å². The number of hydrogen-bond donors (Lipinski definition) is 2. The molecule has 0 unspecified atom stereocenters. The van der Waals surface area contributed by atoms with Gasteiger partial charge < -0.3 is 19.7 Å². The van der Waals surface area contributed by atoms with Crippen molar-refractivity contribution < 1.29 is 24.5 Å². The van der Waals surface area contributed by atoms with Crippen LogP contribution < -0.4 is 0 Å². The normalized spacial score (nSPS) is 51.0. The summed E-state index contributed by atoms with van der Waals surface area (Å²) in [5, 5.41) is 19.8. The van der Waals surface area contributed by atoms with Crippen LogP contribution in [-0.2, 0) is 14.3 Å². The third-order valence-corrected chi connectivity index (χ3v) is 4.45. The van der Waals surface area contributed by atoms with Crippen LogP contribution in [0.15, 0.2) is 0 Å². The summed E-state index contributed by atoms with van der Waals surface area (Å²) >= 11 is 0. The van der Waals surface area contributed by atoms with Gasteiger partial charge in [-0.2, -0.15) is 0 Å². The Balaban J connectivity index is 2.06. The Bertz CT molecular complexity index is 343. The average Bonchev–Trinajstić information content (AvgIpc) is 2.52.